The first kappa shape index (κ1) is 13.5. The van der Waals surface area contributed by atoms with E-state index in [0.717, 1.165) is 0 Å². The summed E-state index contributed by atoms with van der Waals surface area (Å²) in [6.07, 6.45) is 4.68. The average Bonchev–Trinajstić information content (AvgIpc) is 2.75. The fourth-order valence-electron chi connectivity index (χ4n) is 1.46. The monoisotopic (exact) mass is 237 g/mol. The van der Waals surface area contributed by atoms with E-state index in [1.807, 2.05) is 0 Å². The molecule has 0 bridgehead atoms. The maximum atomic E-state index is 11.4. The molecule has 1 atom stereocenters. The molecule has 1 unspecified atom stereocenters. The summed E-state index contributed by atoms with van der Waals surface area (Å²) >= 11 is 0. The quantitative estimate of drug-likeness (QED) is 0.709. The van der Waals surface area contributed by atoms with Gasteiger partial charge in [-0.2, -0.15) is 0 Å². The van der Waals surface area contributed by atoms with Crippen LogP contribution in [0.25, 0.3) is 0 Å². The van der Waals surface area contributed by atoms with Gasteiger partial charge < -0.3 is 14.8 Å². The van der Waals surface area contributed by atoms with E-state index in [1.54, 1.807) is 31.4 Å². The van der Waals surface area contributed by atoms with E-state index >= 15 is 0 Å². The van der Waals surface area contributed by atoms with E-state index in [2.05, 4.69) is 11.9 Å². The Balaban J connectivity index is 2.33. The summed E-state index contributed by atoms with van der Waals surface area (Å²) in [4.78, 5) is 11.4. The van der Waals surface area contributed by atoms with E-state index in [9.17, 15) is 9.90 Å². The molecule has 1 aromatic rings. The van der Waals surface area contributed by atoms with E-state index in [1.165, 1.54) is 0 Å². The van der Waals surface area contributed by atoms with E-state index < -0.39 is 5.60 Å². The fourth-order valence-corrected chi connectivity index (χ4v) is 1.46. The molecule has 1 aromatic heterocycles. The van der Waals surface area contributed by atoms with Crippen LogP contribution < -0.4 is 5.32 Å². The SMILES string of the molecule is C=CCCC(=O)NCC(C)(O)Cc1ccco1. The molecule has 0 aliphatic rings. The minimum atomic E-state index is -0.998. The van der Waals surface area contributed by atoms with Gasteiger partial charge in [-0.3, -0.25) is 4.79 Å². The third-order valence-corrected chi connectivity index (χ3v) is 2.38. The van der Waals surface area contributed by atoms with Crippen LogP contribution in [0.5, 0.6) is 0 Å². The predicted octanol–water partition coefficient (Wildman–Crippen LogP) is 1.66. The van der Waals surface area contributed by atoms with Crippen LogP contribution in [0.3, 0.4) is 0 Å². The highest BCUT2D eigenvalue weighted by atomic mass is 16.3. The summed E-state index contributed by atoms with van der Waals surface area (Å²) in [5.74, 6) is 0.625. The summed E-state index contributed by atoms with van der Waals surface area (Å²) < 4.78 is 5.16. The largest absolute Gasteiger partial charge is 0.469 e. The van der Waals surface area contributed by atoms with Crippen molar-refractivity contribution in [2.24, 2.45) is 0 Å². The highest BCUT2D eigenvalue weighted by Gasteiger charge is 2.22. The van der Waals surface area contributed by atoms with Crippen molar-refractivity contribution < 1.29 is 14.3 Å². The van der Waals surface area contributed by atoms with Gasteiger partial charge in [0.25, 0.3) is 0 Å². The number of hydrogen-bond donors (Lipinski definition) is 2. The highest BCUT2D eigenvalue weighted by Crippen LogP contribution is 2.12. The van der Waals surface area contributed by atoms with E-state index in [-0.39, 0.29) is 12.5 Å². The zero-order chi connectivity index (χ0) is 12.7. The van der Waals surface area contributed by atoms with Gasteiger partial charge in [0.15, 0.2) is 0 Å². The van der Waals surface area contributed by atoms with Crippen LogP contribution in [0.4, 0.5) is 0 Å². The van der Waals surface area contributed by atoms with Crippen molar-refractivity contribution in [3.63, 3.8) is 0 Å². The number of amides is 1. The molecule has 0 radical (unpaired) electrons. The molecule has 2 N–H and O–H groups in total. The number of aliphatic hydroxyl groups is 1. The van der Waals surface area contributed by atoms with Gasteiger partial charge in [0, 0.05) is 19.4 Å². The molecule has 94 valence electrons. The average molecular weight is 237 g/mol. The minimum absolute atomic E-state index is 0.0791. The summed E-state index contributed by atoms with van der Waals surface area (Å²) in [5, 5.41) is 12.8. The lowest BCUT2D eigenvalue weighted by atomic mass is 10.0. The molecule has 0 aliphatic heterocycles. The summed E-state index contributed by atoms with van der Waals surface area (Å²) in [5.41, 5.74) is -0.998. The van der Waals surface area contributed by atoms with Gasteiger partial charge in [-0.25, -0.2) is 0 Å². The van der Waals surface area contributed by atoms with Gasteiger partial charge in [-0.1, -0.05) is 6.08 Å². The fraction of sp³-hybridized carbons (Fsp3) is 0.462. The number of nitrogens with one attached hydrogen (secondary N) is 1. The molecule has 4 nitrogen and oxygen atoms in total. The molecule has 1 heterocycles. The number of furan rings is 1. The standard InChI is InChI=1S/C13H19NO3/c1-3-4-7-12(15)14-10-13(2,16)9-11-6-5-8-17-11/h3,5-6,8,16H,1,4,7,9-10H2,2H3,(H,14,15). The Morgan fingerprint density at radius 2 is 2.47 bits per heavy atom. The lowest BCUT2D eigenvalue weighted by Gasteiger charge is -2.22. The smallest absolute Gasteiger partial charge is 0.220 e. The maximum absolute atomic E-state index is 11.4. The number of rotatable bonds is 7. The van der Waals surface area contributed by atoms with Gasteiger partial charge in [-0.15, -0.1) is 6.58 Å². The van der Waals surface area contributed by atoms with Gasteiger partial charge in [-0.05, 0) is 25.5 Å². The molecule has 4 heteroatoms. The Morgan fingerprint density at radius 1 is 1.71 bits per heavy atom. The van der Waals surface area contributed by atoms with Crippen LogP contribution in [-0.2, 0) is 11.2 Å². The molecule has 0 saturated carbocycles. The van der Waals surface area contributed by atoms with Gasteiger partial charge in [0.05, 0.1) is 11.9 Å². The van der Waals surface area contributed by atoms with Crippen molar-refractivity contribution >= 4 is 5.91 Å². The van der Waals surface area contributed by atoms with Crippen LogP contribution >= 0.6 is 0 Å². The summed E-state index contributed by atoms with van der Waals surface area (Å²) in [6, 6.07) is 3.57. The van der Waals surface area contributed by atoms with Gasteiger partial charge in [0.2, 0.25) is 5.91 Å². The Hall–Kier alpha value is -1.55. The first-order valence-corrected chi connectivity index (χ1v) is 5.66. The van der Waals surface area contributed by atoms with Crippen molar-refractivity contribution in [1.82, 2.24) is 5.32 Å². The second-order valence-electron chi connectivity index (χ2n) is 4.36. The van der Waals surface area contributed by atoms with E-state index in [0.29, 0.717) is 25.0 Å². The molecule has 0 aromatic carbocycles. The first-order valence-electron chi connectivity index (χ1n) is 5.66. The van der Waals surface area contributed by atoms with Crippen molar-refractivity contribution in [3.8, 4) is 0 Å². The van der Waals surface area contributed by atoms with Crippen LogP contribution in [0, 0.1) is 0 Å². The number of hydrogen-bond acceptors (Lipinski definition) is 3. The zero-order valence-electron chi connectivity index (χ0n) is 10.1. The second kappa shape index (κ2) is 6.25. The third kappa shape index (κ3) is 5.36. The number of carbonyl (C=O) groups excluding carboxylic acids is 1. The molecule has 0 fully saturated rings. The highest BCUT2D eigenvalue weighted by molar-refractivity contribution is 5.76. The van der Waals surface area contributed by atoms with Crippen LogP contribution in [-0.4, -0.2) is 23.2 Å². The van der Waals surface area contributed by atoms with Crippen molar-refractivity contribution in [2.75, 3.05) is 6.54 Å². The van der Waals surface area contributed by atoms with Crippen LogP contribution in [0.2, 0.25) is 0 Å². The van der Waals surface area contributed by atoms with Gasteiger partial charge in [0.1, 0.15) is 5.76 Å². The Labute approximate surface area is 101 Å². The molecule has 1 amide bonds. The molecule has 0 aliphatic carbocycles. The molecule has 1 rings (SSSR count). The Morgan fingerprint density at radius 3 is 3.06 bits per heavy atom. The molecular formula is C13H19NO3. The number of carbonyl (C=O) groups is 1. The van der Waals surface area contributed by atoms with Crippen molar-refractivity contribution in [1.29, 1.82) is 0 Å². The lowest BCUT2D eigenvalue weighted by molar-refractivity contribution is -0.122. The zero-order valence-corrected chi connectivity index (χ0v) is 10.1. The predicted molar refractivity (Wildman–Crippen MR) is 65.5 cm³/mol. The molecular weight excluding hydrogens is 218 g/mol. The van der Waals surface area contributed by atoms with Gasteiger partial charge >= 0.3 is 0 Å². The topological polar surface area (TPSA) is 62.5 Å². The van der Waals surface area contributed by atoms with Crippen molar-refractivity contribution in [3.05, 3.63) is 36.8 Å². The Kier molecular flexibility index (Phi) is 4.97. The maximum Gasteiger partial charge on any atom is 0.220 e. The first-order chi connectivity index (χ1) is 8.03. The third-order valence-electron chi connectivity index (χ3n) is 2.38. The summed E-state index contributed by atoms with van der Waals surface area (Å²) in [7, 11) is 0. The van der Waals surface area contributed by atoms with Crippen LogP contribution in [0.15, 0.2) is 35.5 Å². The molecule has 0 saturated heterocycles. The molecule has 17 heavy (non-hydrogen) atoms. The van der Waals surface area contributed by atoms with E-state index in [4.69, 9.17) is 4.42 Å². The second-order valence-corrected chi connectivity index (χ2v) is 4.36. The summed E-state index contributed by atoms with van der Waals surface area (Å²) in [6.45, 7) is 5.43. The Bertz CT molecular complexity index is 355. The van der Waals surface area contributed by atoms with Crippen molar-refractivity contribution in [2.45, 2.75) is 31.8 Å². The minimum Gasteiger partial charge on any atom is -0.469 e. The van der Waals surface area contributed by atoms with Crippen LogP contribution in [0.1, 0.15) is 25.5 Å². The normalized spacial score (nSPS) is 14.0. The number of allylic oxidation sites excluding steroid dienone is 1. The molecule has 0 spiro atoms. The lowest BCUT2D eigenvalue weighted by Crippen LogP contribution is -2.42.